The van der Waals surface area contributed by atoms with E-state index in [4.69, 9.17) is 0 Å². The molecular formula is C26H28N6O2. The first kappa shape index (κ1) is 21.9. The van der Waals surface area contributed by atoms with Crippen molar-refractivity contribution in [1.82, 2.24) is 30.0 Å². The van der Waals surface area contributed by atoms with Crippen LogP contribution in [0.5, 0.6) is 0 Å². The van der Waals surface area contributed by atoms with Gasteiger partial charge in [-0.2, -0.15) is 5.10 Å². The molecule has 4 aromatic rings. The fraction of sp³-hybridized carbons (Fsp3) is 0.308. The second-order valence-electron chi connectivity index (χ2n) is 8.78. The molecule has 2 amide bonds. The summed E-state index contributed by atoms with van der Waals surface area (Å²) < 4.78 is 0. The molecule has 2 N–H and O–H groups in total. The van der Waals surface area contributed by atoms with E-state index in [-0.39, 0.29) is 11.8 Å². The molecule has 0 saturated carbocycles. The number of nitrogens with zero attached hydrogens (tertiary/aromatic N) is 4. The van der Waals surface area contributed by atoms with Crippen LogP contribution < -0.4 is 0 Å². The molecule has 0 unspecified atom stereocenters. The lowest BCUT2D eigenvalue weighted by Crippen LogP contribution is -2.46. The summed E-state index contributed by atoms with van der Waals surface area (Å²) in [6.45, 7) is 1.03. The first-order chi connectivity index (χ1) is 16.6. The maximum atomic E-state index is 13.2. The molecule has 0 radical (unpaired) electrons. The average Bonchev–Trinajstić information content (AvgIpc) is 3.62. The van der Waals surface area contributed by atoms with Crippen LogP contribution in [0.15, 0.2) is 60.7 Å². The Morgan fingerprint density at radius 2 is 1.91 bits per heavy atom. The van der Waals surface area contributed by atoms with Crippen molar-refractivity contribution in [2.75, 3.05) is 13.6 Å². The van der Waals surface area contributed by atoms with Gasteiger partial charge in [-0.15, -0.1) is 0 Å². The quantitative estimate of drug-likeness (QED) is 0.444. The number of imidazole rings is 1. The average molecular weight is 457 g/mol. The zero-order valence-electron chi connectivity index (χ0n) is 19.2. The van der Waals surface area contributed by atoms with E-state index >= 15 is 0 Å². The number of carbonyl (C=O) groups is 2. The van der Waals surface area contributed by atoms with Gasteiger partial charge in [0.25, 0.3) is 0 Å². The fourth-order valence-corrected chi connectivity index (χ4v) is 4.60. The van der Waals surface area contributed by atoms with Gasteiger partial charge in [0, 0.05) is 32.0 Å². The van der Waals surface area contributed by atoms with Crippen molar-refractivity contribution in [3.8, 4) is 11.3 Å². The minimum Gasteiger partial charge on any atom is -0.342 e. The van der Waals surface area contributed by atoms with Gasteiger partial charge in [-0.25, -0.2) is 4.98 Å². The minimum absolute atomic E-state index is 0.00221. The Balaban J connectivity index is 1.19. The largest absolute Gasteiger partial charge is 0.342 e. The lowest BCUT2D eigenvalue weighted by Gasteiger charge is -2.28. The molecule has 1 aliphatic heterocycles. The third-order valence-electron chi connectivity index (χ3n) is 6.36. The van der Waals surface area contributed by atoms with E-state index in [2.05, 4.69) is 20.2 Å². The van der Waals surface area contributed by atoms with Gasteiger partial charge in [-0.05, 0) is 31.0 Å². The van der Waals surface area contributed by atoms with Crippen LogP contribution in [-0.2, 0) is 22.6 Å². The topological polar surface area (TPSA) is 98.0 Å². The number of aromatic nitrogens is 4. The number of amides is 2. The second kappa shape index (κ2) is 9.51. The smallest absolute Gasteiger partial charge is 0.245 e. The van der Waals surface area contributed by atoms with Crippen LogP contribution in [0.1, 0.15) is 30.8 Å². The number of fused-ring (bicyclic) bond motifs is 1. The zero-order chi connectivity index (χ0) is 23.5. The molecule has 2 aromatic heterocycles. The summed E-state index contributed by atoms with van der Waals surface area (Å²) >= 11 is 0. The van der Waals surface area contributed by atoms with Crippen molar-refractivity contribution in [3.05, 3.63) is 72.2 Å². The summed E-state index contributed by atoms with van der Waals surface area (Å²) in [7, 11) is 1.78. The molecule has 1 fully saturated rings. The second-order valence-corrected chi connectivity index (χ2v) is 8.78. The highest BCUT2D eigenvalue weighted by molar-refractivity contribution is 5.88. The molecule has 8 nitrogen and oxygen atoms in total. The van der Waals surface area contributed by atoms with Crippen molar-refractivity contribution >= 4 is 22.8 Å². The van der Waals surface area contributed by atoms with Gasteiger partial charge in [0.05, 0.1) is 29.0 Å². The van der Waals surface area contributed by atoms with E-state index in [0.717, 1.165) is 40.2 Å². The van der Waals surface area contributed by atoms with Gasteiger partial charge in [-0.3, -0.25) is 14.7 Å². The Hall–Kier alpha value is -3.94. The summed E-state index contributed by atoms with van der Waals surface area (Å²) in [5.74, 6) is 0.755. The molecular weight excluding hydrogens is 428 g/mol. The molecule has 8 heteroatoms. The van der Waals surface area contributed by atoms with Crippen LogP contribution in [0.25, 0.3) is 22.3 Å². The number of para-hydroxylation sites is 2. The fourth-order valence-electron chi connectivity index (χ4n) is 4.60. The molecule has 3 heterocycles. The zero-order valence-corrected chi connectivity index (χ0v) is 19.2. The SMILES string of the molecule is CN(Cc1cc(-c2ccccc2)n[nH]1)C(=O)[C@@H]1CCCN1C(=O)CCc1nc2ccccc2[nH]1. The number of aryl methyl sites for hydroxylation is 1. The van der Waals surface area contributed by atoms with E-state index in [9.17, 15) is 9.59 Å². The van der Waals surface area contributed by atoms with Crippen molar-refractivity contribution in [3.63, 3.8) is 0 Å². The van der Waals surface area contributed by atoms with Gasteiger partial charge >= 0.3 is 0 Å². The van der Waals surface area contributed by atoms with Crippen LogP contribution in [0.3, 0.4) is 0 Å². The summed E-state index contributed by atoms with van der Waals surface area (Å²) in [6, 6.07) is 19.3. The van der Waals surface area contributed by atoms with Crippen LogP contribution in [0.2, 0.25) is 0 Å². The highest BCUT2D eigenvalue weighted by Gasteiger charge is 2.35. The number of H-pyrrole nitrogens is 2. The number of likely N-dealkylation sites (N-methyl/N-ethyl adjacent to an activating group) is 1. The van der Waals surface area contributed by atoms with Crippen LogP contribution >= 0.6 is 0 Å². The molecule has 5 rings (SSSR count). The Morgan fingerprint density at radius 3 is 2.74 bits per heavy atom. The van der Waals surface area contributed by atoms with Gasteiger partial charge in [-0.1, -0.05) is 42.5 Å². The third-order valence-corrected chi connectivity index (χ3v) is 6.36. The number of benzene rings is 2. The molecule has 34 heavy (non-hydrogen) atoms. The Kier molecular flexibility index (Phi) is 6.12. The predicted molar refractivity (Wildman–Crippen MR) is 130 cm³/mol. The number of carbonyl (C=O) groups excluding carboxylic acids is 2. The van der Waals surface area contributed by atoms with Gasteiger partial charge in [0.1, 0.15) is 11.9 Å². The molecule has 0 spiro atoms. The predicted octanol–water partition coefficient (Wildman–Crippen LogP) is 3.54. The van der Waals surface area contributed by atoms with Crippen molar-refractivity contribution in [1.29, 1.82) is 0 Å². The molecule has 174 valence electrons. The molecule has 0 bridgehead atoms. The van der Waals surface area contributed by atoms with E-state index in [0.29, 0.717) is 32.4 Å². The molecule has 2 aromatic carbocycles. The summed E-state index contributed by atoms with van der Waals surface area (Å²) in [4.78, 5) is 37.4. The van der Waals surface area contributed by atoms with Crippen LogP contribution in [-0.4, -0.2) is 61.4 Å². The van der Waals surface area contributed by atoms with Crippen molar-refractivity contribution in [2.24, 2.45) is 0 Å². The first-order valence-electron chi connectivity index (χ1n) is 11.7. The van der Waals surface area contributed by atoms with Gasteiger partial charge in [0.2, 0.25) is 11.8 Å². The molecule has 1 atom stereocenters. The van der Waals surface area contributed by atoms with Gasteiger partial charge < -0.3 is 14.8 Å². The summed E-state index contributed by atoms with van der Waals surface area (Å²) in [5, 5.41) is 7.40. The monoisotopic (exact) mass is 456 g/mol. The summed E-state index contributed by atoms with van der Waals surface area (Å²) in [6.07, 6.45) is 2.38. The number of likely N-dealkylation sites (tertiary alicyclic amines) is 1. The standard InChI is InChI=1S/C26H28N6O2/c1-31(17-19-16-22(30-29-19)18-8-3-2-4-9-18)26(34)23-12-7-15-32(23)25(33)14-13-24-27-20-10-5-6-11-21(20)28-24/h2-6,8-11,16,23H,7,12-15,17H2,1H3,(H,27,28)(H,29,30)/t23-/m0/s1. The number of nitrogens with one attached hydrogen (secondary N) is 2. The van der Waals surface area contributed by atoms with E-state index in [1.165, 1.54) is 0 Å². The Bertz CT molecular complexity index is 1260. The van der Waals surface area contributed by atoms with Crippen LogP contribution in [0.4, 0.5) is 0 Å². The molecule has 1 saturated heterocycles. The highest BCUT2D eigenvalue weighted by Crippen LogP contribution is 2.22. The van der Waals surface area contributed by atoms with Crippen molar-refractivity contribution in [2.45, 2.75) is 38.3 Å². The first-order valence-corrected chi connectivity index (χ1v) is 11.7. The maximum absolute atomic E-state index is 13.2. The van der Waals surface area contributed by atoms with Crippen LogP contribution in [0, 0.1) is 0 Å². The minimum atomic E-state index is -0.412. The van der Waals surface area contributed by atoms with E-state index < -0.39 is 6.04 Å². The number of hydrogen-bond acceptors (Lipinski definition) is 4. The summed E-state index contributed by atoms with van der Waals surface area (Å²) in [5.41, 5.74) is 4.59. The Morgan fingerprint density at radius 1 is 1.12 bits per heavy atom. The van der Waals surface area contributed by atoms with Gasteiger partial charge in [0.15, 0.2) is 0 Å². The lowest BCUT2D eigenvalue weighted by atomic mass is 10.1. The highest BCUT2D eigenvalue weighted by atomic mass is 16.2. The van der Waals surface area contributed by atoms with Crippen molar-refractivity contribution < 1.29 is 9.59 Å². The lowest BCUT2D eigenvalue weighted by molar-refractivity contribution is -0.143. The number of aromatic amines is 2. The number of rotatable bonds is 7. The third kappa shape index (κ3) is 4.57. The molecule has 1 aliphatic rings. The maximum Gasteiger partial charge on any atom is 0.245 e. The normalized spacial score (nSPS) is 15.7. The Labute approximate surface area is 198 Å². The van der Waals surface area contributed by atoms with E-state index in [1.807, 2.05) is 60.7 Å². The molecule has 0 aliphatic carbocycles. The van der Waals surface area contributed by atoms with E-state index in [1.54, 1.807) is 16.8 Å². The number of hydrogen-bond donors (Lipinski definition) is 2.